The molecule has 0 aliphatic carbocycles. The fraction of sp³-hybridized carbons (Fsp3) is 0.200. The van der Waals surface area contributed by atoms with E-state index in [1.54, 1.807) is 38.5 Å². The van der Waals surface area contributed by atoms with Gasteiger partial charge < -0.3 is 24.4 Å². The van der Waals surface area contributed by atoms with Crippen LogP contribution in [-0.4, -0.2) is 83.8 Å². The van der Waals surface area contributed by atoms with Gasteiger partial charge in [0.1, 0.15) is 29.7 Å². The molecule has 3 N–H and O–H groups in total. The van der Waals surface area contributed by atoms with Gasteiger partial charge >= 0.3 is 5.97 Å². The number of amides is 2. The van der Waals surface area contributed by atoms with Crippen LogP contribution in [0, 0.1) is 0 Å². The molecule has 53 heavy (non-hydrogen) atoms. The van der Waals surface area contributed by atoms with Crippen molar-refractivity contribution in [3.63, 3.8) is 0 Å². The molecule has 0 radical (unpaired) electrons. The third kappa shape index (κ3) is 8.16. The Morgan fingerprint density at radius 1 is 0.755 bits per heavy atom. The van der Waals surface area contributed by atoms with Crippen molar-refractivity contribution < 1.29 is 28.6 Å². The molecule has 4 aromatic carbocycles. The van der Waals surface area contributed by atoms with Gasteiger partial charge in [-0.2, -0.15) is 5.10 Å². The maximum absolute atomic E-state index is 14.0. The van der Waals surface area contributed by atoms with E-state index in [2.05, 4.69) is 55.1 Å². The molecule has 13 heteroatoms. The number of nitrogens with one attached hydrogen (secondary N) is 3. The summed E-state index contributed by atoms with van der Waals surface area (Å²) in [5.74, 6) is 0.227. The lowest BCUT2D eigenvalue weighted by Gasteiger charge is -2.38. The van der Waals surface area contributed by atoms with E-state index in [4.69, 9.17) is 14.2 Å². The first-order chi connectivity index (χ1) is 25.8. The lowest BCUT2D eigenvalue weighted by molar-refractivity contribution is -0.146. The van der Waals surface area contributed by atoms with Crippen molar-refractivity contribution in [2.75, 3.05) is 46.3 Å². The number of H-pyrrole nitrogens is 1. The van der Waals surface area contributed by atoms with Crippen molar-refractivity contribution in [1.82, 2.24) is 30.4 Å². The van der Waals surface area contributed by atoms with Gasteiger partial charge in [0.05, 0.1) is 44.9 Å². The molecule has 0 aliphatic rings. The van der Waals surface area contributed by atoms with Gasteiger partial charge in [-0.05, 0) is 53.1 Å². The number of esters is 1. The molecular weight excluding hydrogens is 674 g/mol. The van der Waals surface area contributed by atoms with Gasteiger partial charge in [0.15, 0.2) is 5.65 Å². The van der Waals surface area contributed by atoms with E-state index in [1.807, 2.05) is 60.7 Å². The molecule has 2 aromatic heterocycles. The number of hydrogen-bond donors (Lipinski definition) is 3. The molecule has 0 aliphatic heterocycles. The number of anilines is 1. The van der Waals surface area contributed by atoms with Gasteiger partial charge in [-0.1, -0.05) is 72.8 Å². The molecule has 0 atom stereocenters. The number of rotatable bonds is 15. The van der Waals surface area contributed by atoms with Crippen LogP contribution >= 0.6 is 0 Å². The number of carbonyl (C=O) groups is 3. The SMILES string of the molecule is COC(=O)CN(CCNC(c1ccccc1)(c1ccccc1)c1ccc(OC)cc1)C(=O)Cc1nc(NC(=O)c2ccc(OC)cc2)c2cn[nH]c2n1. The summed E-state index contributed by atoms with van der Waals surface area (Å²) in [7, 11) is 4.44. The highest BCUT2D eigenvalue weighted by atomic mass is 16.5. The van der Waals surface area contributed by atoms with Crippen molar-refractivity contribution in [3.8, 4) is 11.5 Å². The summed E-state index contributed by atoms with van der Waals surface area (Å²) >= 11 is 0. The molecular formula is C40H39N7O6. The zero-order chi connectivity index (χ0) is 37.2. The van der Waals surface area contributed by atoms with Crippen LogP contribution in [0.15, 0.2) is 115 Å². The number of benzene rings is 4. The summed E-state index contributed by atoms with van der Waals surface area (Å²) in [6.07, 6.45) is 1.23. The van der Waals surface area contributed by atoms with Crippen molar-refractivity contribution >= 4 is 34.6 Å². The second-order valence-corrected chi connectivity index (χ2v) is 12.0. The maximum atomic E-state index is 14.0. The minimum absolute atomic E-state index is 0.126. The van der Waals surface area contributed by atoms with E-state index in [1.165, 1.54) is 18.2 Å². The van der Waals surface area contributed by atoms with Gasteiger partial charge in [-0.15, -0.1) is 0 Å². The van der Waals surface area contributed by atoms with Crippen LogP contribution < -0.4 is 20.1 Å². The van der Waals surface area contributed by atoms with Crippen LogP contribution in [0.5, 0.6) is 11.5 Å². The molecule has 270 valence electrons. The third-order valence-electron chi connectivity index (χ3n) is 8.86. The Morgan fingerprint density at radius 3 is 1.92 bits per heavy atom. The van der Waals surface area contributed by atoms with Crippen LogP contribution in [-0.2, 0) is 26.3 Å². The molecule has 0 spiro atoms. The fourth-order valence-electron chi connectivity index (χ4n) is 6.14. The Kier molecular flexibility index (Phi) is 11.3. The first-order valence-electron chi connectivity index (χ1n) is 16.8. The van der Waals surface area contributed by atoms with E-state index in [-0.39, 0.29) is 37.7 Å². The molecule has 0 saturated heterocycles. The Hall–Kier alpha value is -6.60. The summed E-state index contributed by atoms with van der Waals surface area (Å²) in [5.41, 5.74) is 2.80. The van der Waals surface area contributed by atoms with Crippen LogP contribution in [0.4, 0.5) is 5.82 Å². The van der Waals surface area contributed by atoms with E-state index >= 15 is 0 Å². The van der Waals surface area contributed by atoms with E-state index < -0.39 is 23.3 Å². The lowest BCUT2D eigenvalue weighted by Crippen LogP contribution is -2.49. The maximum Gasteiger partial charge on any atom is 0.325 e. The summed E-state index contributed by atoms with van der Waals surface area (Å²) in [4.78, 5) is 50.1. The van der Waals surface area contributed by atoms with E-state index in [9.17, 15) is 14.4 Å². The second-order valence-electron chi connectivity index (χ2n) is 12.0. The van der Waals surface area contributed by atoms with Crippen LogP contribution in [0.3, 0.4) is 0 Å². The minimum Gasteiger partial charge on any atom is -0.497 e. The van der Waals surface area contributed by atoms with Crippen molar-refractivity contribution in [1.29, 1.82) is 0 Å². The normalized spacial score (nSPS) is 11.2. The van der Waals surface area contributed by atoms with Crippen molar-refractivity contribution in [3.05, 3.63) is 143 Å². The van der Waals surface area contributed by atoms with Crippen LogP contribution in [0.2, 0.25) is 0 Å². The number of nitrogens with zero attached hydrogens (tertiary/aromatic N) is 4. The molecule has 0 unspecified atom stereocenters. The fourth-order valence-corrected chi connectivity index (χ4v) is 6.14. The Balaban J connectivity index is 1.27. The quantitative estimate of drug-likeness (QED) is 0.100. The number of fused-ring (bicyclic) bond motifs is 1. The van der Waals surface area contributed by atoms with E-state index in [0.717, 1.165) is 22.4 Å². The number of methoxy groups -OCH3 is 3. The number of ether oxygens (including phenoxy) is 3. The highest BCUT2D eigenvalue weighted by Crippen LogP contribution is 2.37. The molecule has 13 nitrogen and oxygen atoms in total. The minimum atomic E-state index is -0.833. The number of aromatic amines is 1. The Morgan fingerprint density at radius 2 is 1.34 bits per heavy atom. The molecule has 2 heterocycles. The zero-order valence-corrected chi connectivity index (χ0v) is 29.5. The van der Waals surface area contributed by atoms with Gasteiger partial charge in [0.2, 0.25) is 5.91 Å². The monoisotopic (exact) mass is 713 g/mol. The first-order valence-corrected chi connectivity index (χ1v) is 16.8. The smallest absolute Gasteiger partial charge is 0.325 e. The summed E-state index contributed by atoms with van der Waals surface area (Å²) in [5, 5.41) is 13.9. The van der Waals surface area contributed by atoms with E-state index in [0.29, 0.717) is 22.3 Å². The number of aromatic nitrogens is 4. The zero-order valence-electron chi connectivity index (χ0n) is 29.5. The topological polar surface area (TPSA) is 161 Å². The summed E-state index contributed by atoms with van der Waals surface area (Å²) in [6.45, 7) is 0.123. The molecule has 6 aromatic rings. The van der Waals surface area contributed by atoms with Gasteiger partial charge in [0, 0.05) is 18.7 Å². The second kappa shape index (κ2) is 16.6. The Bertz CT molecular complexity index is 2120. The largest absolute Gasteiger partial charge is 0.497 e. The predicted molar refractivity (Wildman–Crippen MR) is 199 cm³/mol. The van der Waals surface area contributed by atoms with Crippen molar-refractivity contribution in [2.24, 2.45) is 0 Å². The van der Waals surface area contributed by atoms with Crippen molar-refractivity contribution in [2.45, 2.75) is 12.0 Å². The standard InChI is InChI=1S/C40H39N7O6/c1-51-31-18-14-27(15-19-31)39(50)45-37-33-25-42-46-38(33)44-34(43-37)24-35(48)47(26-36(49)53-3)23-22-41-40(28-10-6-4-7-11-28,29-12-8-5-9-13-29)30-16-20-32(52-2)21-17-30/h4-21,25,41H,22-24,26H2,1-3H3,(H2,42,43,44,45,46,50). The highest BCUT2D eigenvalue weighted by Gasteiger charge is 2.36. The Labute approximate surface area is 306 Å². The summed E-state index contributed by atoms with van der Waals surface area (Å²) < 4.78 is 15.6. The third-order valence-corrected chi connectivity index (χ3v) is 8.86. The average Bonchev–Trinajstić information content (AvgIpc) is 3.69. The number of carbonyl (C=O) groups excluding carboxylic acids is 3. The van der Waals surface area contributed by atoms with Gasteiger partial charge in [-0.3, -0.25) is 24.8 Å². The number of hydrogen-bond acceptors (Lipinski definition) is 10. The highest BCUT2D eigenvalue weighted by molar-refractivity contribution is 6.07. The summed E-state index contributed by atoms with van der Waals surface area (Å²) in [6, 6.07) is 34.5. The molecule has 6 rings (SSSR count). The molecule has 0 bridgehead atoms. The van der Waals surface area contributed by atoms with Gasteiger partial charge in [0.25, 0.3) is 5.91 Å². The average molecular weight is 714 g/mol. The predicted octanol–water partition coefficient (Wildman–Crippen LogP) is 4.75. The molecule has 0 fully saturated rings. The molecule has 2 amide bonds. The molecule has 0 saturated carbocycles. The first kappa shape index (κ1) is 36.2. The van der Waals surface area contributed by atoms with Crippen LogP contribution in [0.1, 0.15) is 32.9 Å². The lowest BCUT2D eigenvalue weighted by atomic mass is 9.77. The van der Waals surface area contributed by atoms with Gasteiger partial charge in [-0.25, -0.2) is 9.97 Å². The van der Waals surface area contributed by atoms with Crippen LogP contribution in [0.25, 0.3) is 11.0 Å².